The van der Waals surface area contributed by atoms with E-state index >= 15 is 0 Å². The first-order valence-corrected chi connectivity index (χ1v) is 6.11. The number of benzene rings is 1. The van der Waals surface area contributed by atoms with E-state index in [1.165, 1.54) is 10.3 Å². The number of carbonyl (C=O) groups is 1. The summed E-state index contributed by atoms with van der Waals surface area (Å²) in [6.45, 7) is 4.60. The van der Waals surface area contributed by atoms with Gasteiger partial charge < -0.3 is 21.7 Å². The summed E-state index contributed by atoms with van der Waals surface area (Å²) in [4.78, 5) is 11.4. The maximum absolute atomic E-state index is 11.4. The Bertz CT molecular complexity index is 524. The van der Waals surface area contributed by atoms with Crippen LogP contribution in [0.3, 0.4) is 0 Å². The zero-order chi connectivity index (χ0) is 11.5. The van der Waals surface area contributed by atoms with Crippen molar-refractivity contribution in [3.8, 4) is 0 Å². The highest BCUT2D eigenvalue weighted by atomic mass is 79.9. The van der Waals surface area contributed by atoms with Gasteiger partial charge in [0.25, 0.3) is 0 Å². The lowest BCUT2D eigenvalue weighted by Crippen LogP contribution is -3.00. The van der Waals surface area contributed by atoms with Crippen LogP contribution in [0, 0.1) is 6.92 Å². The van der Waals surface area contributed by atoms with Crippen LogP contribution in [0.5, 0.6) is 0 Å². The van der Waals surface area contributed by atoms with Gasteiger partial charge in [0.15, 0.2) is 0 Å². The molecule has 92 valence electrons. The number of esters is 1. The third-order valence-corrected chi connectivity index (χ3v) is 3.28. The highest BCUT2D eigenvalue weighted by Crippen LogP contribution is 2.17. The fourth-order valence-electron chi connectivity index (χ4n) is 1.60. The molecule has 0 aliphatic carbocycles. The van der Waals surface area contributed by atoms with Crippen molar-refractivity contribution >= 4 is 27.5 Å². The molecule has 17 heavy (non-hydrogen) atoms. The fraction of sp³-hybridized carbons (Fsp3) is 0.333. The number of fused-ring (bicyclic) bond motifs is 1. The quantitative estimate of drug-likeness (QED) is 0.541. The first kappa shape index (κ1) is 14.1. The van der Waals surface area contributed by atoms with E-state index in [1.54, 1.807) is 11.3 Å². The third-order valence-electron chi connectivity index (χ3n) is 2.34. The molecule has 1 aromatic heterocycles. The molecular formula is C12H14BrNO2S. The summed E-state index contributed by atoms with van der Waals surface area (Å²) in [5.74, 6) is -0.187. The van der Waals surface area contributed by atoms with Gasteiger partial charge in [-0.3, -0.25) is 0 Å². The largest absolute Gasteiger partial charge is 1.00 e. The Morgan fingerprint density at radius 1 is 1.47 bits per heavy atom. The van der Waals surface area contributed by atoms with Gasteiger partial charge in [-0.05, 0) is 25.5 Å². The molecule has 1 heterocycles. The maximum atomic E-state index is 11.4. The van der Waals surface area contributed by atoms with Crippen LogP contribution in [0.1, 0.15) is 12.5 Å². The SMILES string of the molecule is CCOC(=O)C[n+]1csc2cc(C)ccc21.[Br-]. The van der Waals surface area contributed by atoms with Crippen LogP contribution in [0.4, 0.5) is 0 Å². The van der Waals surface area contributed by atoms with Crippen LogP contribution >= 0.6 is 11.3 Å². The average molecular weight is 316 g/mol. The number of hydrogen-bond donors (Lipinski definition) is 0. The lowest BCUT2D eigenvalue weighted by atomic mass is 10.2. The van der Waals surface area contributed by atoms with E-state index in [0.29, 0.717) is 6.61 Å². The summed E-state index contributed by atoms with van der Waals surface area (Å²) in [6, 6.07) is 6.22. The van der Waals surface area contributed by atoms with Crippen LogP contribution in [-0.4, -0.2) is 12.6 Å². The van der Waals surface area contributed by atoms with Gasteiger partial charge in [-0.15, -0.1) is 0 Å². The van der Waals surface area contributed by atoms with Crippen molar-refractivity contribution in [3.05, 3.63) is 29.3 Å². The van der Waals surface area contributed by atoms with E-state index in [9.17, 15) is 4.79 Å². The van der Waals surface area contributed by atoms with Crippen molar-refractivity contribution in [1.29, 1.82) is 0 Å². The third kappa shape index (κ3) is 3.26. The Kier molecular flexibility index (Phi) is 5.08. The number of aromatic nitrogens is 1. The molecular weight excluding hydrogens is 302 g/mol. The molecule has 0 saturated heterocycles. The molecule has 0 bridgehead atoms. The van der Waals surface area contributed by atoms with E-state index in [1.807, 2.05) is 23.1 Å². The smallest absolute Gasteiger partial charge is 0.372 e. The minimum absolute atomic E-state index is 0. The van der Waals surface area contributed by atoms with Gasteiger partial charge >= 0.3 is 5.97 Å². The monoisotopic (exact) mass is 315 g/mol. The minimum atomic E-state index is -0.187. The number of rotatable bonds is 3. The molecule has 5 heteroatoms. The zero-order valence-corrected chi connectivity index (χ0v) is 12.2. The van der Waals surface area contributed by atoms with Gasteiger partial charge in [0.2, 0.25) is 17.6 Å². The molecule has 0 radical (unpaired) electrons. The van der Waals surface area contributed by atoms with Crippen molar-refractivity contribution in [2.24, 2.45) is 0 Å². The maximum Gasteiger partial charge on any atom is 0.372 e. The number of halogens is 1. The highest BCUT2D eigenvalue weighted by Gasteiger charge is 2.16. The molecule has 1 aromatic carbocycles. The van der Waals surface area contributed by atoms with Crippen LogP contribution in [0.15, 0.2) is 23.7 Å². The lowest BCUT2D eigenvalue weighted by Gasteiger charge is -1.97. The van der Waals surface area contributed by atoms with Crippen molar-refractivity contribution in [2.75, 3.05) is 6.61 Å². The summed E-state index contributed by atoms with van der Waals surface area (Å²) in [5.41, 5.74) is 4.28. The molecule has 3 nitrogen and oxygen atoms in total. The topological polar surface area (TPSA) is 30.2 Å². The molecule has 0 aliphatic heterocycles. The van der Waals surface area contributed by atoms with E-state index in [2.05, 4.69) is 19.1 Å². The molecule has 0 unspecified atom stereocenters. The molecule has 2 rings (SSSR count). The molecule has 0 atom stereocenters. The van der Waals surface area contributed by atoms with E-state index in [4.69, 9.17) is 4.74 Å². The van der Waals surface area contributed by atoms with Gasteiger partial charge in [0.05, 0.1) is 6.61 Å². The number of carbonyl (C=O) groups excluding carboxylic acids is 1. The molecule has 0 amide bonds. The summed E-state index contributed by atoms with van der Waals surface area (Å²) < 4.78 is 8.06. The Morgan fingerprint density at radius 3 is 2.94 bits per heavy atom. The van der Waals surface area contributed by atoms with E-state index in [-0.39, 0.29) is 29.5 Å². The van der Waals surface area contributed by atoms with Crippen LogP contribution in [0.25, 0.3) is 10.2 Å². The Hall–Kier alpha value is -0.940. The molecule has 2 aromatic rings. The lowest BCUT2D eigenvalue weighted by molar-refractivity contribution is -0.655. The first-order chi connectivity index (χ1) is 7.70. The standard InChI is InChI=1S/C12H14NO2S.BrH/c1-3-15-12(14)7-13-8-16-11-6-9(2)4-5-10(11)13;/h4-6,8H,3,7H2,1-2H3;1H/q+1;/p-1. The van der Waals surface area contributed by atoms with E-state index in [0.717, 1.165) is 5.52 Å². The van der Waals surface area contributed by atoms with E-state index < -0.39 is 0 Å². The molecule has 0 saturated carbocycles. The number of hydrogen-bond acceptors (Lipinski definition) is 3. The van der Waals surface area contributed by atoms with Crippen molar-refractivity contribution < 1.29 is 31.1 Å². The summed E-state index contributed by atoms with van der Waals surface area (Å²) >= 11 is 1.64. The average Bonchev–Trinajstić information content (AvgIpc) is 2.61. The summed E-state index contributed by atoms with van der Waals surface area (Å²) in [5, 5.41) is 0. The zero-order valence-electron chi connectivity index (χ0n) is 9.77. The van der Waals surface area contributed by atoms with Crippen molar-refractivity contribution in [2.45, 2.75) is 20.4 Å². The van der Waals surface area contributed by atoms with Gasteiger partial charge in [-0.25, -0.2) is 4.79 Å². The summed E-state index contributed by atoms with van der Waals surface area (Å²) in [7, 11) is 0. The van der Waals surface area contributed by atoms with Crippen molar-refractivity contribution in [1.82, 2.24) is 0 Å². The highest BCUT2D eigenvalue weighted by molar-refractivity contribution is 7.16. The second kappa shape index (κ2) is 6.12. The number of ether oxygens (including phenoxy) is 1. The van der Waals surface area contributed by atoms with Crippen LogP contribution in [0.2, 0.25) is 0 Å². The molecule has 0 spiro atoms. The summed E-state index contributed by atoms with van der Waals surface area (Å²) in [6.07, 6.45) is 0. The molecule has 0 aliphatic rings. The van der Waals surface area contributed by atoms with Gasteiger partial charge in [-0.1, -0.05) is 17.4 Å². The van der Waals surface area contributed by atoms with Crippen LogP contribution < -0.4 is 21.5 Å². The second-order valence-corrected chi connectivity index (χ2v) is 4.51. The number of nitrogens with zero attached hydrogens (tertiary/aromatic N) is 1. The first-order valence-electron chi connectivity index (χ1n) is 5.23. The second-order valence-electron chi connectivity index (χ2n) is 3.63. The predicted molar refractivity (Wildman–Crippen MR) is 63.4 cm³/mol. The Labute approximate surface area is 115 Å². The number of aryl methyl sites for hydroxylation is 1. The predicted octanol–water partition coefficient (Wildman–Crippen LogP) is -0.936. The fourth-order valence-corrected chi connectivity index (χ4v) is 2.59. The molecule has 0 fully saturated rings. The van der Waals surface area contributed by atoms with Gasteiger partial charge in [0.1, 0.15) is 4.70 Å². The Morgan fingerprint density at radius 2 is 2.24 bits per heavy atom. The normalized spacial score (nSPS) is 10.0. The number of thiazole rings is 1. The molecule has 0 N–H and O–H groups in total. The van der Waals surface area contributed by atoms with Gasteiger partial charge in [0, 0.05) is 6.07 Å². The Balaban J connectivity index is 0.00000144. The van der Waals surface area contributed by atoms with Gasteiger partial charge in [-0.2, -0.15) is 4.57 Å². The minimum Gasteiger partial charge on any atom is -1.00 e. The van der Waals surface area contributed by atoms with Crippen molar-refractivity contribution in [3.63, 3.8) is 0 Å². The van der Waals surface area contributed by atoms with Crippen LogP contribution in [-0.2, 0) is 16.1 Å².